The zero-order valence-electron chi connectivity index (χ0n) is 17.1. The molecule has 3 rings (SSSR count). The largest absolute Gasteiger partial charge is 0.494 e. The number of hydrogen-bond donors (Lipinski definition) is 1. The number of nitrogens with one attached hydrogen (secondary N) is 1. The Hall–Kier alpha value is -3.05. The summed E-state index contributed by atoms with van der Waals surface area (Å²) in [6, 6.07) is 19.3. The summed E-state index contributed by atoms with van der Waals surface area (Å²) in [6.07, 6.45) is 1.63. The summed E-state index contributed by atoms with van der Waals surface area (Å²) >= 11 is 2.27. The molecule has 0 atom stereocenters. The SMILES string of the molecule is CCOc1cccc(NC(=O)C(C#N)=Cc2cc(C)n(-c3ccc(I)cc3)c2C)c1. The maximum atomic E-state index is 12.7. The first-order chi connectivity index (χ1) is 14.4. The predicted octanol–water partition coefficient (Wildman–Crippen LogP) is 5.64. The molecular formula is C24H22IN3O2. The van der Waals surface area contributed by atoms with Crippen LogP contribution in [-0.2, 0) is 4.79 Å². The third-order valence-corrected chi connectivity index (χ3v) is 5.34. The molecule has 1 N–H and O–H groups in total. The Morgan fingerprint density at radius 3 is 2.60 bits per heavy atom. The maximum Gasteiger partial charge on any atom is 0.266 e. The minimum Gasteiger partial charge on any atom is -0.494 e. The topological polar surface area (TPSA) is 67.0 Å². The summed E-state index contributed by atoms with van der Waals surface area (Å²) < 4.78 is 8.73. The van der Waals surface area contributed by atoms with Crippen molar-refractivity contribution in [1.29, 1.82) is 5.26 Å². The molecule has 1 aromatic heterocycles. The van der Waals surface area contributed by atoms with Gasteiger partial charge in [-0.3, -0.25) is 4.79 Å². The maximum absolute atomic E-state index is 12.7. The summed E-state index contributed by atoms with van der Waals surface area (Å²) in [5, 5.41) is 12.4. The lowest BCUT2D eigenvalue weighted by Gasteiger charge is -2.10. The van der Waals surface area contributed by atoms with Crippen LogP contribution in [0, 0.1) is 28.7 Å². The van der Waals surface area contributed by atoms with E-state index in [1.807, 2.05) is 39.0 Å². The Morgan fingerprint density at radius 2 is 1.93 bits per heavy atom. The Bertz CT molecular complexity index is 1140. The molecule has 0 aliphatic carbocycles. The number of anilines is 1. The lowest BCUT2D eigenvalue weighted by atomic mass is 10.1. The predicted molar refractivity (Wildman–Crippen MR) is 128 cm³/mol. The summed E-state index contributed by atoms with van der Waals surface area (Å²) in [5.41, 5.74) is 4.49. The van der Waals surface area contributed by atoms with Crippen molar-refractivity contribution in [1.82, 2.24) is 4.57 Å². The molecule has 0 saturated heterocycles. The van der Waals surface area contributed by atoms with E-state index in [2.05, 4.69) is 56.7 Å². The minimum atomic E-state index is -0.454. The number of amides is 1. The fraction of sp³-hybridized carbons (Fsp3) is 0.167. The zero-order chi connectivity index (χ0) is 21.7. The fourth-order valence-corrected chi connectivity index (χ4v) is 3.61. The van der Waals surface area contributed by atoms with E-state index in [4.69, 9.17) is 4.74 Å². The van der Waals surface area contributed by atoms with Gasteiger partial charge in [-0.15, -0.1) is 0 Å². The van der Waals surface area contributed by atoms with Gasteiger partial charge >= 0.3 is 0 Å². The highest BCUT2D eigenvalue weighted by atomic mass is 127. The fourth-order valence-electron chi connectivity index (χ4n) is 3.25. The van der Waals surface area contributed by atoms with Crippen molar-refractivity contribution in [2.24, 2.45) is 0 Å². The van der Waals surface area contributed by atoms with E-state index in [9.17, 15) is 10.1 Å². The molecule has 1 amide bonds. The molecule has 0 aliphatic heterocycles. The van der Waals surface area contributed by atoms with E-state index in [0.717, 1.165) is 26.2 Å². The molecule has 0 saturated carbocycles. The quantitative estimate of drug-likeness (QED) is 0.265. The standard InChI is InChI=1S/C24H22IN3O2/c1-4-30-23-7-5-6-21(14-23)27-24(29)19(15-26)13-18-12-16(2)28(17(18)3)22-10-8-20(25)9-11-22/h5-14H,4H2,1-3H3,(H,27,29). The number of aryl methyl sites for hydroxylation is 1. The molecule has 5 nitrogen and oxygen atoms in total. The Balaban J connectivity index is 1.88. The van der Waals surface area contributed by atoms with E-state index in [1.54, 1.807) is 24.3 Å². The van der Waals surface area contributed by atoms with Crippen molar-refractivity contribution in [3.05, 3.63) is 80.7 Å². The normalized spacial score (nSPS) is 11.1. The van der Waals surface area contributed by atoms with Crippen LogP contribution in [0.3, 0.4) is 0 Å². The summed E-state index contributed by atoms with van der Waals surface area (Å²) in [4.78, 5) is 12.7. The van der Waals surface area contributed by atoms with E-state index in [-0.39, 0.29) is 5.57 Å². The number of carbonyl (C=O) groups is 1. The number of nitrogens with zero attached hydrogens (tertiary/aromatic N) is 2. The molecule has 152 valence electrons. The molecule has 3 aromatic rings. The van der Waals surface area contributed by atoms with Crippen molar-refractivity contribution in [2.45, 2.75) is 20.8 Å². The van der Waals surface area contributed by atoms with Gasteiger partial charge in [-0.1, -0.05) is 6.07 Å². The van der Waals surface area contributed by atoms with Gasteiger partial charge in [0.05, 0.1) is 6.61 Å². The highest BCUT2D eigenvalue weighted by Gasteiger charge is 2.14. The van der Waals surface area contributed by atoms with Crippen LogP contribution in [0.4, 0.5) is 5.69 Å². The highest BCUT2D eigenvalue weighted by molar-refractivity contribution is 14.1. The van der Waals surface area contributed by atoms with E-state index in [1.165, 1.54) is 0 Å². The van der Waals surface area contributed by atoms with Crippen LogP contribution in [-0.4, -0.2) is 17.1 Å². The monoisotopic (exact) mass is 511 g/mol. The van der Waals surface area contributed by atoms with Crippen molar-refractivity contribution in [3.63, 3.8) is 0 Å². The van der Waals surface area contributed by atoms with Crippen molar-refractivity contribution < 1.29 is 9.53 Å². The molecule has 0 radical (unpaired) electrons. The zero-order valence-corrected chi connectivity index (χ0v) is 19.2. The van der Waals surface area contributed by atoms with Gasteiger partial charge in [-0.05, 0) is 97.5 Å². The first-order valence-electron chi connectivity index (χ1n) is 9.53. The lowest BCUT2D eigenvalue weighted by molar-refractivity contribution is -0.112. The molecule has 1 heterocycles. The first kappa shape index (κ1) is 21.7. The number of benzene rings is 2. The van der Waals surface area contributed by atoms with E-state index >= 15 is 0 Å². The molecule has 0 bridgehead atoms. The Labute approximate surface area is 190 Å². The van der Waals surface area contributed by atoms with Crippen molar-refractivity contribution in [2.75, 3.05) is 11.9 Å². The van der Waals surface area contributed by atoms with Crippen LogP contribution < -0.4 is 10.1 Å². The van der Waals surface area contributed by atoms with Gasteiger partial charge < -0.3 is 14.6 Å². The van der Waals surface area contributed by atoms with E-state index < -0.39 is 5.91 Å². The van der Waals surface area contributed by atoms with Crippen LogP contribution in [0.1, 0.15) is 23.9 Å². The molecule has 6 heteroatoms. The minimum absolute atomic E-state index is 0.0414. The molecular weight excluding hydrogens is 489 g/mol. The van der Waals surface area contributed by atoms with Gasteiger partial charge in [-0.2, -0.15) is 5.26 Å². The molecule has 30 heavy (non-hydrogen) atoms. The van der Waals surface area contributed by atoms with Crippen LogP contribution in [0.25, 0.3) is 11.8 Å². The van der Waals surface area contributed by atoms with Crippen molar-refractivity contribution in [3.8, 4) is 17.5 Å². The average Bonchev–Trinajstić information content (AvgIpc) is 3.00. The second kappa shape index (κ2) is 9.63. The van der Waals surface area contributed by atoms with Gasteiger partial charge in [0.2, 0.25) is 0 Å². The van der Waals surface area contributed by atoms with Gasteiger partial charge in [0.1, 0.15) is 17.4 Å². The number of halogens is 1. The van der Waals surface area contributed by atoms with Crippen LogP contribution in [0.5, 0.6) is 5.75 Å². The molecule has 0 aliphatic rings. The number of hydrogen-bond acceptors (Lipinski definition) is 3. The molecule has 0 unspecified atom stereocenters. The van der Waals surface area contributed by atoms with Crippen LogP contribution in [0.15, 0.2) is 60.2 Å². The van der Waals surface area contributed by atoms with Crippen LogP contribution >= 0.6 is 22.6 Å². The van der Waals surface area contributed by atoms with Gasteiger partial charge in [-0.25, -0.2) is 0 Å². The first-order valence-corrected chi connectivity index (χ1v) is 10.6. The second-order valence-electron chi connectivity index (χ2n) is 6.72. The van der Waals surface area contributed by atoms with E-state index in [0.29, 0.717) is 18.0 Å². The third kappa shape index (κ3) is 4.92. The van der Waals surface area contributed by atoms with Gasteiger partial charge in [0.25, 0.3) is 5.91 Å². The molecule has 0 spiro atoms. The van der Waals surface area contributed by atoms with Gasteiger partial charge in [0, 0.05) is 32.4 Å². The smallest absolute Gasteiger partial charge is 0.266 e. The molecule has 0 fully saturated rings. The van der Waals surface area contributed by atoms with Crippen LogP contribution in [0.2, 0.25) is 0 Å². The second-order valence-corrected chi connectivity index (χ2v) is 7.97. The summed E-state index contributed by atoms with van der Waals surface area (Å²) in [7, 11) is 0. The number of carbonyl (C=O) groups excluding carboxylic acids is 1. The van der Waals surface area contributed by atoms with Crippen molar-refractivity contribution >= 4 is 40.3 Å². The summed E-state index contributed by atoms with van der Waals surface area (Å²) in [6.45, 7) is 6.42. The lowest BCUT2D eigenvalue weighted by Crippen LogP contribution is -2.13. The number of nitriles is 1. The summed E-state index contributed by atoms with van der Waals surface area (Å²) in [5.74, 6) is 0.212. The number of aromatic nitrogens is 1. The molecule has 2 aromatic carbocycles. The Kier molecular flexibility index (Phi) is 6.95. The number of rotatable bonds is 6. The number of ether oxygens (including phenoxy) is 1. The highest BCUT2D eigenvalue weighted by Crippen LogP contribution is 2.24. The average molecular weight is 511 g/mol. The Morgan fingerprint density at radius 1 is 1.20 bits per heavy atom. The third-order valence-electron chi connectivity index (χ3n) is 4.62. The van der Waals surface area contributed by atoms with Gasteiger partial charge in [0.15, 0.2) is 0 Å².